The van der Waals surface area contributed by atoms with E-state index in [1.165, 1.54) is 0 Å². The van der Waals surface area contributed by atoms with E-state index in [9.17, 15) is 9.59 Å². The Morgan fingerprint density at radius 2 is 1.81 bits per heavy atom. The fourth-order valence-electron chi connectivity index (χ4n) is 3.15. The van der Waals surface area contributed by atoms with Gasteiger partial charge in [-0.1, -0.05) is 31.5 Å². The Kier molecular flexibility index (Phi) is 7.72. The van der Waals surface area contributed by atoms with Gasteiger partial charge in [0.1, 0.15) is 0 Å². The lowest BCUT2D eigenvalue weighted by Gasteiger charge is -2.33. The Hall–Kier alpha value is -1.79. The molecule has 1 aliphatic heterocycles. The number of benzene rings is 1. The zero-order valence-electron chi connectivity index (χ0n) is 15.8. The van der Waals surface area contributed by atoms with Gasteiger partial charge < -0.3 is 15.0 Å². The van der Waals surface area contributed by atoms with Crippen molar-refractivity contribution in [3.63, 3.8) is 0 Å². The molecular formula is C19H28ClN3O3. The van der Waals surface area contributed by atoms with Crippen LogP contribution in [0.5, 0.6) is 0 Å². The maximum absolute atomic E-state index is 12.5. The normalized spacial score (nSPS) is 15.0. The van der Waals surface area contributed by atoms with Crippen LogP contribution in [0, 0.1) is 0 Å². The summed E-state index contributed by atoms with van der Waals surface area (Å²) in [7, 11) is 0. The highest BCUT2D eigenvalue weighted by molar-refractivity contribution is 6.32. The molecule has 6 nitrogen and oxygen atoms in total. The zero-order valence-corrected chi connectivity index (χ0v) is 16.6. The largest absolute Gasteiger partial charge is 0.450 e. The topological polar surface area (TPSA) is 61.9 Å². The first-order valence-corrected chi connectivity index (χ1v) is 9.62. The van der Waals surface area contributed by atoms with Gasteiger partial charge in [-0.05, 0) is 37.0 Å². The number of carbonyl (C=O) groups is 2. The number of nitrogens with zero attached hydrogens (tertiary/aromatic N) is 2. The van der Waals surface area contributed by atoms with Crippen LogP contribution in [0.4, 0.5) is 10.5 Å². The molecular weight excluding hydrogens is 354 g/mol. The van der Waals surface area contributed by atoms with Crippen molar-refractivity contribution in [2.75, 3.05) is 44.6 Å². The maximum atomic E-state index is 12.5. The standard InChI is InChI=1S/C19H28ClN3O3/c1-4-14-7-8-16(20)15(5-2)18(14)21-17(24)13-22-9-11-23(12-10-22)19(25)26-6-3/h7-8H,4-6,9-13H2,1-3H3,(H,21,24). The van der Waals surface area contributed by atoms with Crippen molar-refractivity contribution < 1.29 is 14.3 Å². The van der Waals surface area contributed by atoms with E-state index in [1.54, 1.807) is 11.8 Å². The molecule has 0 atom stereocenters. The third-order valence-electron chi connectivity index (χ3n) is 4.61. The van der Waals surface area contributed by atoms with Crippen molar-refractivity contribution in [1.29, 1.82) is 0 Å². The van der Waals surface area contributed by atoms with Crippen LogP contribution < -0.4 is 5.32 Å². The van der Waals surface area contributed by atoms with Crippen molar-refractivity contribution in [2.24, 2.45) is 0 Å². The number of rotatable bonds is 6. The first kappa shape index (κ1) is 20.5. The Morgan fingerprint density at radius 3 is 2.38 bits per heavy atom. The number of nitrogens with one attached hydrogen (secondary N) is 1. The highest BCUT2D eigenvalue weighted by atomic mass is 35.5. The molecule has 0 radical (unpaired) electrons. The molecule has 0 unspecified atom stereocenters. The number of hydrogen-bond acceptors (Lipinski definition) is 4. The molecule has 144 valence electrons. The van der Waals surface area contributed by atoms with E-state index in [0.717, 1.165) is 29.7 Å². The molecule has 1 saturated heterocycles. The van der Waals surface area contributed by atoms with E-state index in [0.29, 0.717) is 44.4 Å². The highest BCUT2D eigenvalue weighted by Gasteiger charge is 2.23. The number of hydrogen-bond donors (Lipinski definition) is 1. The van der Waals surface area contributed by atoms with Crippen LogP contribution in [0.2, 0.25) is 5.02 Å². The third kappa shape index (κ3) is 5.11. The molecule has 0 aliphatic carbocycles. The van der Waals surface area contributed by atoms with Crippen molar-refractivity contribution in [3.05, 3.63) is 28.3 Å². The lowest BCUT2D eigenvalue weighted by molar-refractivity contribution is -0.117. The summed E-state index contributed by atoms with van der Waals surface area (Å²) in [4.78, 5) is 28.0. The number of ether oxygens (including phenoxy) is 1. The van der Waals surface area contributed by atoms with Crippen LogP contribution in [0.25, 0.3) is 0 Å². The molecule has 0 spiro atoms. The Bertz CT molecular complexity index is 643. The van der Waals surface area contributed by atoms with E-state index in [4.69, 9.17) is 16.3 Å². The molecule has 1 aromatic rings. The van der Waals surface area contributed by atoms with Crippen LogP contribution in [0.1, 0.15) is 31.9 Å². The second-order valence-electron chi connectivity index (χ2n) is 6.28. The summed E-state index contributed by atoms with van der Waals surface area (Å²) in [6.07, 6.45) is 1.31. The van der Waals surface area contributed by atoms with Crippen molar-refractivity contribution in [1.82, 2.24) is 9.80 Å². The highest BCUT2D eigenvalue weighted by Crippen LogP contribution is 2.29. The average Bonchev–Trinajstić information content (AvgIpc) is 2.63. The molecule has 26 heavy (non-hydrogen) atoms. The van der Waals surface area contributed by atoms with Gasteiger partial charge in [0.15, 0.2) is 0 Å². The monoisotopic (exact) mass is 381 g/mol. The minimum atomic E-state index is -0.282. The number of amides is 2. The molecule has 7 heteroatoms. The summed E-state index contributed by atoms with van der Waals surface area (Å²) in [5, 5.41) is 3.74. The molecule has 0 aromatic heterocycles. The fourth-order valence-corrected chi connectivity index (χ4v) is 3.44. The Balaban J connectivity index is 1.94. The molecule has 0 saturated carbocycles. The minimum Gasteiger partial charge on any atom is -0.450 e. The van der Waals surface area contributed by atoms with Crippen molar-refractivity contribution in [2.45, 2.75) is 33.6 Å². The maximum Gasteiger partial charge on any atom is 0.409 e. The van der Waals surface area contributed by atoms with E-state index < -0.39 is 0 Å². The van der Waals surface area contributed by atoms with Gasteiger partial charge in [-0.25, -0.2) is 4.79 Å². The molecule has 0 bridgehead atoms. The lowest BCUT2D eigenvalue weighted by Crippen LogP contribution is -2.50. The van der Waals surface area contributed by atoms with E-state index in [2.05, 4.69) is 12.2 Å². The van der Waals surface area contributed by atoms with E-state index in [-0.39, 0.29) is 12.0 Å². The summed E-state index contributed by atoms with van der Waals surface area (Å²) in [6, 6.07) is 3.86. The zero-order chi connectivity index (χ0) is 19.1. The first-order chi connectivity index (χ1) is 12.5. The predicted molar refractivity (Wildman–Crippen MR) is 104 cm³/mol. The van der Waals surface area contributed by atoms with Gasteiger partial charge in [0.05, 0.1) is 13.2 Å². The quantitative estimate of drug-likeness (QED) is 0.822. The van der Waals surface area contributed by atoms with Crippen LogP contribution in [0.15, 0.2) is 12.1 Å². The number of halogens is 1. The number of piperazine rings is 1. The summed E-state index contributed by atoms with van der Waals surface area (Å²) in [6.45, 7) is 9.02. The number of anilines is 1. The Labute approximate surface area is 160 Å². The number of carbonyl (C=O) groups excluding carboxylic acids is 2. The Morgan fingerprint density at radius 1 is 1.12 bits per heavy atom. The minimum absolute atomic E-state index is 0.0544. The van der Waals surface area contributed by atoms with Gasteiger partial charge in [-0.3, -0.25) is 9.69 Å². The fraction of sp³-hybridized carbons (Fsp3) is 0.579. The molecule has 1 aromatic carbocycles. The SMILES string of the molecule is CCOC(=O)N1CCN(CC(=O)Nc2c(CC)ccc(Cl)c2CC)CC1. The molecule has 1 N–H and O–H groups in total. The average molecular weight is 382 g/mol. The summed E-state index contributed by atoms with van der Waals surface area (Å²) >= 11 is 6.29. The molecule has 1 fully saturated rings. The van der Waals surface area contributed by atoms with Crippen molar-refractivity contribution in [3.8, 4) is 0 Å². The molecule has 1 aliphatic rings. The summed E-state index contributed by atoms with van der Waals surface area (Å²) < 4.78 is 5.02. The predicted octanol–water partition coefficient (Wildman–Crippen LogP) is 3.18. The summed E-state index contributed by atoms with van der Waals surface area (Å²) in [5.74, 6) is -0.0544. The van der Waals surface area contributed by atoms with Gasteiger partial charge in [0, 0.05) is 36.9 Å². The summed E-state index contributed by atoms with van der Waals surface area (Å²) in [5.41, 5.74) is 2.91. The van der Waals surface area contributed by atoms with Gasteiger partial charge in [0.25, 0.3) is 0 Å². The van der Waals surface area contributed by atoms with Crippen molar-refractivity contribution >= 4 is 29.3 Å². The number of aryl methyl sites for hydroxylation is 1. The molecule has 1 heterocycles. The second kappa shape index (κ2) is 9.78. The second-order valence-corrected chi connectivity index (χ2v) is 6.68. The van der Waals surface area contributed by atoms with Crippen LogP contribution in [-0.2, 0) is 22.4 Å². The first-order valence-electron chi connectivity index (χ1n) is 9.24. The van der Waals surface area contributed by atoms with E-state index in [1.807, 2.05) is 24.0 Å². The van der Waals surface area contributed by atoms with Gasteiger partial charge in [0.2, 0.25) is 5.91 Å². The van der Waals surface area contributed by atoms with Crippen LogP contribution in [-0.4, -0.2) is 61.1 Å². The van der Waals surface area contributed by atoms with Gasteiger partial charge in [-0.15, -0.1) is 0 Å². The third-order valence-corrected chi connectivity index (χ3v) is 4.96. The van der Waals surface area contributed by atoms with Gasteiger partial charge in [-0.2, -0.15) is 0 Å². The molecule has 2 rings (SSSR count). The van der Waals surface area contributed by atoms with Crippen LogP contribution in [0.3, 0.4) is 0 Å². The van der Waals surface area contributed by atoms with E-state index >= 15 is 0 Å². The lowest BCUT2D eigenvalue weighted by atomic mass is 10.0. The smallest absolute Gasteiger partial charge is 0.409 e. The van der Waals surface area contributed by atoms with Crippen LogP contribution >= 0.6 is 11.6 Å². The molecule has 2 amide bonds. The van der Waals surface area contributed by atoms with Gasteiger partial charge >= 0.3 is 6.09 Å².